The molecule has 2 aromatic rings. The SMILES string of the molecule is NCCC(=O)Nc1cc(Cl)cc(C(=O)N2CCC3=C(Cc4ccc(Cl)cc43)C2)c1. The highest BCUT2D eigenvalue weighted by Crippen LogP contribution is 2.39. The normalized spacial score (nSPS) is 15.2. The van der Waals surface area contributed by atoms with Crippen LogP contribution in [0.2, 0.25) is 10.0 Å². The number of carbonyl (C=O) groups is 2. The zero-order valence-electron chi connectivity index (χ0n) is 15.8. The van der Waals surface area contributed by atoms with Gasteiger partial charge in [0.2, 0.25) is 5.91 Å². The van der Waals surface area contributed by atoms with Gasteiger partial charge in [0, 0.05) is 47.4 Å². The number of nitrogens with one attached hydrogen (secondary N) is 1. The lowest BCUT2D eigenvalue weighted by Gasteiger charge is -2.29. The van der Waals surface area contributed by atoms with Gasteiger partial charge in [-0.2, -0.15) is 0 Å². The minimum Gasteiger partial charge on any atom is -0.334 e. The van der Waals surface area contributed by atoms with Gasteiger partial charge in [0.1, 0.15) is 0 Å². The van der Waals surface area contributed by atoms with Crippen molar-refractivity contribution in [2.75, 3.05) is 25.0 Å². The van der Waals surface area contributed by atoms with Crippen molar-refractivity contribution >= 4 is 46.3 Å². The van der Waals surface area contributed by atoms with Crippen molar-refractivity contribution in [2.45, 2.75) is 19.3 Å². The lowest BCUT2D eigenvalue weighted by atomic mass is 9.98. The highest BCUT2D eigenvalue weighted by molar-refractivity contribution is 6.31. The maximum absolute atomic E-state index is 13.1. The molecule has 0 saturated carbocycles. The lowest BCUT2D eigenvalue weighted by Crippen LogP contribution is -2.36. The molecule has 0 radical (unpaired) electrons. The molecule has 0 spiro atoms. The summed E-state index contributed by atoms with van der Waals surface area (Å²) in [5.74, 6) is -0.300. The molecule has 2 aliphatic rings. The van der Waals surface area contributed by atoms with Crippen LogP contribution in [0.1, 0.15) is 34.3 Å². The highest BCUT2D eigenvalue weighted by Gasteiger charge is 2.29. The van der Waals surface area contributed by atoms with E-state index in [0.717, 1.165) is 17.9 Å². The van der Waals surface area contributed by atoms with E-state index in [4.69, 9.17) is 28.9 Å². The molecule has 0 unspecified atom stereocenters. The van der Waals surface area contributed by atoms with Crippen LogP contribution in [0.15, 0.2) is 42.0 Å². The minimum absolute atomic E-state index is 0.0950. The average Bonchev–Trinajstić information content (AvgIpc) is 3.04. The van der Waals surface area contributed by atoms with Gasteiger partial charge < -0.3 is 16.0 Å². The fraction of sp³-hybridized carbons (Fsp3) is 0.273. The zero-order chi connectivity index (χ0) is 20.5. The van der Waals surface area contributed by atoms with Crippen LogP contribution >= 0.6 is 23.2 Å². The fourth-order valence-corrected chi connectivity index (χ4v) is 4.43. The summed E-state index contributed by atoms with van der Waals surface area (Å²) in [4.78, 5) is 26.8. The number of anilines is 1. The smallest absolute Gasteiger partial charge is 0.254 e. The molecule has 0 bridgehead atoms. The van der Waals surface area contributed by atoms with Crippen LogP contribution in [-0.4, -0.2) is 36.3 Å². The van der Waals surface area contributed by atoms with Gasteiger partial charge in [-0.3, -0.25) is 9.59 Å². The average molecular weight is 430 g/mol. The van der Waals surface area contributed by atoms with Gasteiger partial charge in [0.25, 0.3) is 5.91 Å². The molecule has 150 valence electrons. The molecule has 1 heterocycles. The van der Waals surface area contributed by atoms with Gasteiger partial charge in [-0.15, -0.1) is 0 Å². The van der Waals surface area contributed by atoms with Gasteiger partial charge in [-0.25, -0.2) is 0 Å². The van der Waals surface area contributed by atoms with E-state index in [2.05, 4.69) is 11.4 Å². The molecule has 0 aromatic heterocycles. The van der Waals surface area contributed by atoms with Gasteiger partial charge in [0.05, 0.1) is 0 Å². The first-order valence-electron chi connectivity index (χ1n) is 9.54. The van der Waals surface area contributed by atoms with E-state index in [1.807, 2.05) is 17.0 Å². The molecule has 0 saturated heterocycles. The Bertz CT molecular complexity index is 1030. The van der Waals surface area contributed by atoms with Crippen molar-refractivity contribution < 1.29 is 9.59 Å². The number of fused-ring (bicyclic) bond motifs is 2. The molecular formula is C22H21Cl2N3O2. The first-order valence-corrected chi connectivity index (χ1v) is 10.3. The molecule has 5 nitrogen and oxygen atoms in total. The Morgan fingerprint density at radius 2 is 1.93 bits per heavy atom. The monoisotopic (exact) mass is 429 g/mol. The summed E-state index contributed by atoms with van der Waals surface area (Å²) >= 11 is 12.4. The topological polar surface area (TPSA) is 75.4 Å². The summed E-state index contributed by atoms with van der Waals surface area (Å²) in [5.41, 5.74) is 11.4. The number of hydrogen-bond donors (Lipinski definition) is 2. The molecule has 0 atom stereocenters. The Balaban J connectivity index is 1.52. The van der Waals surface area contributed by atoms with E-state index < -0.39 is 0 Å². The standard InChI is InChI=1S/C22H21Cl2N3O2/c23-16-2-1-13-7-15-12-27(6-4-19(15)20(13)11-16)22(29)14-8-17(24)10-18(9-14)26-21(28)3-5-25/h1-2,8-11H,3-7,12,25H2,(H,26,28). The third-order valence-corrected chi connectivity index (χ3v) is 5.78. The Morgan fingerprint density at radius 1 is 1.10 bits per heavy atom. The van der Waals surface area contributed by atoms with E-state index in [1.165, 1.54) is 22.3 Å². The summed E-state index contributed by atoms with van der Waals surface area (Å²) in [7, 11) is 0. The number of amides is 2. The third kappa shape index (κ3) is 4.17. The predicted molar refractivity (Wildman–Crippen MR) is 116 cm³/mol. The number of carbonyl (C=O) groups excluding carboxylic acids is 2. The van der Waals surface area contributed by atoms with E-state index in [1.54, 1.807) is 18.2 Å². The zero-order valence-corrected chi connectivity index (χ0v) is 17.3. The molecule has 3 N–H and O–H groups in total. The van der Waals surface area contributed by atoms with Gasteiger partial charge in [-0.05, 0) is 65.4 Å². The van der Waals surface area contributed by atoms with E-state index >= 15 is 0 Å². The molecule has 2 aromatic carbocycles. The van der Waals surface area contributed by atoms with Crippen LogP contribution in [-0.2, 0) is 11.2 Å². The van der Waals surface area contributed by atoms with Crippen molar-refractivity contribution in [1.82, 2.24) is 4.90 Å². The van der Waals surface area contributed by atoms with Gasteiger partial charge in [0.15, 0.2) is 0 Å². The summed E-state index contributed by atoms with van der Waals surface area (Å²) in [5, 5.41) is 3.88. The molecule has 0 fully saturated rings. The van der Waals surface area contributed by atoms with Crippen LogP contribution in [0.3, 0.4) is 0 Å². The maximum Gasteiger partial charge on any atom is 0.254 e. The molecule has 29 heavy (non-hydrogen) atoms. The van der Waals surface area contributed by atoms with Crippen molar-refractivity contribution in [3.8, 4) is 0 Å². The second kappa shape index (κ2) is 8.19. The highest BCUT2D eigenvalue weighted by atomic mass is 35.5. The first-order chi connectivity index (χ1) is 13.9. The Morgan fingerprint density at radius 3 is 2.72 bits per heavy atom. The van der Waals surface area contributed by atoms with Crippen molar-refractivity contribution in [3.63, 3.8) is 0 Å². The number of nitrogens with zero attached hydrogens (tertiary/aromatic N) is 1. The molecule has 7 heteroatoms. The largest absolute Gasteiger partial charge is 0.334 e. The van der Waals surface area contributed by atoms with Crippen LogP contribution in [0, 0.1) is 0 Å². The molecular weight excluding hydrogens is 409 g/mol. The Kier molecular flexibility index (Phi) is 5.63. The van der Waals surface area contributed by atoms with Crippen LogP contribution < -0.4 is 11.1 Å². The minimum atomic E-state index is -0.205. The number of halogens is 2. The van der Waals surface area contributed by atoms with Crippen LogP contribution in [0.25, 0.3) is 5.57 Å². The van der Waals surface area contributed by atoms with E-state index in [0.29, 0.717) is 29.4 Å². The van der Waals surface area contributed by atoms with E-state index in [9.17, 15) is 9.59 Å². The van der Waals surface area contributed by atoms with Crippen molar-refractivity contribution in [1.29, 1.82) is 0 Å². The molecule has 4 rings (SSSR count). The van der Waals surface area contributed by atoms with Crippen LogP contribution in [0.4, 0.5) is 5.69 Å². The number of nitrogens with two attached hydrogens (primary N) is 1. The maximum atomic E-state index is 13.1. The summed E-state index contributed by atoms with van der Waals surface area (Å²) in [6, 6.07) is 10.9. The van der Waals surface area contributed by atoms with Crippen molar-refractivity contribution in [2.24, 2.45) is 5.73 Å². The number of benzene rings is 2. The summed E-state index contributed by atoms with van der Waals surface area (Å²) in [6.07, 6.45) is 1.86. The lowest BCUT2D eigenvalue weighted by molar-refractivity contribution is -0.116. The van der Waals surface area contributed by atoms with Crippen LogP contribution in [0.5, 0.6) is 0 Å². The number of rotatable bonds is 4. The van der Waals surface area contributed by atoms with Gasteiger partial charge >= 0.3 is 0 Å². The Labute approximate surface area is 179 Å². The Hall–Kier alpha value is -2.34. The number of hydrogen-bond acceptors (Lipinski definition) is 3. The first kappa shape index (κ1) is 20.0. The second-order valence-electron chi connectivity index (χ2n) is 7.35. The quantitative estimate of drug-likeness (QED) is 0.766. The van der Waals surface area contributed by atoms with E-state index in [-0.39, 0.29) is 24.8 Å². The molecule has 1 aliphatic heterocycles. The summed E-state index contributed by atoms with van der Waals surface area (Å²) in [6.45, 7) is 1.48. The predicted octanol–water partition coefficient (Wildman–Crippen LogP) is 4.14. The second-order valence-corrected chi connectivity index (χ2v) is 8.23. The summed E-state index contributed by atoms with van der Waals surface area (Å²) < 4.78 is 0. The van der Waals surface area contributed by atoms with Gasteiger partial charge in [-0.1, -0.05) is 29.3 Å². The molecule has 1 aliphatic carbocycles. The molecule has 2 amide bonds. The third-order valence-electron chi connectivity index (χ3n) is 5.33. The fourth-order valence-electron chi connectivity index (χ4n) is 4.03. The van der Waals surface area contributed by atoms with Crippen molar-refractivity contribution in [3.05, 3.63) is 68.7 Å².